The lowest BCUT2D eigenvalue weighted by molar-refractivity contribution is -0.137. The van der Waals surface area contributed by atoms with Gasteiger partial charge in [-0.25, -0.2) is 8.42 Å². The molecule has 2 aromatic carbocycles. The molecule has 2 amide bonds. The molecular formula is C21H22F3N3O4S. The maximum absolute atomic E-state index is 13.1. The van der Waals surface area contributed by atoms with E-state index >= 15 is 0 Å². The molecule has 0 saturated carbocycles. The number of hydrogen-bond acceptors (Lipinski definition) is 4. The van der Waals surface area contributed by atoms with Crippen molar-refractivity contribution >= 4 is 33.2 Å². The number of rotatable bonds is 5. The van der Waals surface area contributed by atoms with E-state index in [9.17, 15) is 31.2 Å². The van der Waals surface area contributed by atoms with Gasteiger partial charge in [0.05, 0.1) is 22.7 Å². The lowest BCUT2D eigenvalue weighted by Gasteiger charge is -2.29. The minimum Gasteiger partial charge on any atom is -0.324 e. The Morgan fingerprint density at radius 2 is 1.84 bits per heavy atom. The molecule has 0 saturated heterocycles. The molecule has 1 aliphatic rings. The molecule has 0 aromatic heterocycles. The summed E-state index contributed by atoms with van der Waals surface area (Å²) in [6.45, 7) is 1.31. The molecule has 1 heterocycles. The summed E-state index contributed by atoms with van der Waals surface area (Å²) in [6.07, 6.45) is -3.38. The number of alkyl halides is 3. The third-order valence-corrected chi connectivity index (χ3v) is 6.93. The molecule has 0 bridgehead atoms. The normalized spacial score (nSPS) is 14.2. The molecule has 0 unspecified atom stereocenters. The van der Waals surface area contributed by atoms with E-state index in [0.717, 1.165) is 16.4 Å². The molecule has 3 rings (SSSR count). The van der Waals surface area contributed by atoms with Crippen LogP contribution >= 0.6 is 0 Å². The predicted molar refractivity (Wildman–Crippen MR) is 113 cm³/mol. The summed E-state index contributed by atoms with van der Waals surface area (Å²) in [5.41, 5.74) is -0.131. The highest BCUT2D eigenvalue weighted by Gasteiger charge is 2.34. The van der Waals surface area contributed by atoms with E-state index in [0.29, 0.717) is 30.6 Å². The van der Waals surface area contributed by atoms with Gasteiger partial charge in [0.2, 0.25) is 21.8 Å². The van der Waals surface area contributed by atoms with Crippen LogP contribution in [0.2, 0.25) is 0 Å². The van der Waals surface area contributed by atoms with Gasteiger partial charge in [-0.3, -0.25) is 9.59 Å². The number of para-hydroxylation sites is 1. The number of amides is 2. The first kappa shape index (κ1) is 23.7. The van der Waals surface area contributed by atoms with Crippen molar-refractivity contribution in [3.8, 4) is 0 Å². The van der Waals surface area contributed by atoms with Gasteiger partial charge in [-0.2, -0.15) is 17.5 Å². The van der Waals surface area contributed by atoms with E-state index in [1.54, 1.807) is 11.0 Å². The number of likely N-dealkylation sites (N-methyl/N-ethyl adjacent to an activating group) is 1. The zero-order valence-electron chi connectivity index (χ0n) is 17.4. The number of sulfonamides is 1. The van der Waals surface area contributed by atoms with Crippen LogP contribution in [-0.2, 0) is 32.2 Å². The van der Waals surface area contributed by atoms with Gasteiger partial charge < -0.3 is 10.2 Å². The maximum Gasteiger partial charge on any atom is 0.418 e. The number of fused-ring (bicyclic) bond motifs is 1. The molecule has 1 aliphatic heterocycles. The molecule has 11 heteroatoms. The van der Waals surface area contributed by atoms with Crippen LogP contribution < -0.4 is 10.2 Å². The topological polar surface area (TPSA) is 86.8 Å². The Balaban J connectivity index is 1.78. The van der Waals surface area contributed by atoms with Crippen LogP contribution in [0, 0.1) is 0 Å². The average molecular weight is 469 g/mol. The first-order valence-corrected chi connectivity index (χ1v) is 11.2. The molecule has 32 heavy (non-hydrogen) atoms. The molecule has 172 valence electrons. The molecule has 0 radical (unpaired) electrons. The van der Waals surface area contributed by atoms with Crippen LogP contribution in [0.15, 0.2) is 47.4 Å². The van der Waals surface area contributed by atoms with E-state index in [-0.39, 0.29) is 10.8 Å². The quantitative estimate of drug-likeness (QED) is 0.728. The van der Waals surface area contributed by atoms with Gasteiger partial charge in [0, 0.05) is 26.2 Å². The minimum atomic E-state index is -4.67. The van der Waals surface area contributed by atoms with Crippen molar-refractivity contribution in [1.82, 2.24) is 4.31 Å². The van der Waals surface area contributed by atoms with Crippen molar-refractivity contribution in [1.29, 1.82) is 0 Å². The van der Waals surface area contributed by atoms with Gasteiger partial charge in [-0.15, -0.1) is 0 Å². The fraction of sp³-hybridized carbons (Fsp3) is 0.333. The van der Waals surface area contributed by atoms with Gasteiger partial charge in [-0.05, 0) is 48.7 Å². The highest BCUT2D eigenvalue weighted by atomic mass is 32.2. The van der Waals surface area contributed by atoms with Crippen molar-refractivity contribution in [2.24, 2.45) is 0 Å². The third kappa shape index (κ3) is 4.94. The van der Waals surface area contributed by atoms with Crippen molar-refractivity contribution < 1.29 is 31.2 Å². The number of nitrogens with zero attached hydrogens (tertiary/aromatic N) is 2. The van der Waals surface area contributed by atoms with E-state index < -0.39 is 39.9 Å². The number of benzene rings is 2. The summed E-state index contributed by atoms with van der Waals surface area (Å²) in [5, 5.41) is 2.13. The molecule has 0 fully saturated rings. The van der Waals surface area contributed by atoms with Crippen LogP contribution in [0.5, 0.6) is 0 Å². The fourth-order valence-corrected chi connectivity index (χ4v) is 4.74. The molecular weight excluding hydrogens is 447 g/mol. The second-order valence-electron chi connectivity index (χ2n) is 7.42. The SMILES string of the molecule is CC(=O)N1CCCc2cc(S(=O)(=O)N(C)CC(=O)Nc3ccccc3C(F)(F)F)ccc21. The first-order valence-electron chi connectivity index (χ1n) is 9.74. The largest absolute Gasteiger partial charge is 0.418 e. The van der Waals surface area contributed by atoms with Crippen molar-refractivity contribution in [3.05, 3.63) is 53.6 Å². The van der Waals surface area contributed by atoms with Gasteiger partial charge >= 0.3 is 6.18 Å². The summed E-state index contributed by atoms with van der Waals surface area (Å²) in [6, 6.07) is 8.82. The fourth-order valence-electron chi connectivity index (χ4n) is 3.56. The lowest BCUT2D eigenvalue weighted by atomic mass is 10.0. The van der Waals surface area contributed by atoms with Gasteiger partial charge in [0.25, 0.3) is 0 Å². The number of nitrogens with one attached hydrogen (secondary N) is 1. The Morgan fingerprint density at radius 3 is 2.50 bits per heavy atom. The predicted octanol–water partition coefficient (Wildman–Crippen LogP) is 3.26. The van der Waals surface area contributed by atoms with Crippen molar-refractivity contribution in [3.63, 3.8) is 0 Å². The number of carbonyl (C=O) groups excluding carboxylic acids is 2. The van der Waals surface area contributed by atoms with Crippen LogP contribution in [0.4, 0.5) is 24.5 Å². The second kappa shape index (κ2) is 8.91. The highest BCUT2D eigenvalue weighted by molar-refractivity contribution is 7.89. The van der Waals surface area contributed by atoms with E-state index in [1.165, 1.54) is 38.2 Å². The summed E-state index contributed by atoms with van der Waals surface area (Å²) in [7, 11) is -2.92. The van der Waals surface area contributed by atoms with E-state index in [2.05, 4.69) is 5.32 Å². The second-order valence-corrected chi connectivity index (χ2v) is 9.46. The first-order chi connectivity index (χ1) is 14.9. The third-order valence-electron chi connectivity index (χ3n) is 5.13. The minimum absolute atomic E-state index is 0.0624. The highest BCUT2D eigenvalue weighted by Crippen LogP contribution is 2.34. The standard InChI is InChI=1S/C21H22F3N3O4S/c1-14(28)27-11-5-6-15-12-16(9-10-19(15)27)32(30,31)26(2)13-20(29)25-18-8-4-3-7-17(18)21(22,23)24/h3-4,7-10,12H,5-6,11,13H2,1-2H3,(H,25,29). The molecule has 0 spiro atoms. The number of carbonyl (C=O) groups is 2. The van der Waals surface area contributed by atoms with Crippen molar-refractivity contribution in [2.75, 3.05) is 30.4 Å². The Morgan fingerprint density at radius 1 is 1.16 bits per heavy atom. The van der Waals surface area contributed by atoms with E-state index in [1.807, 2.05) is 0 Å². The number of halogens is 3. The molecule has 0 aliphatic carbocycles. The Hall–Kier alpha value is -2.92. The monoisotopic (exact) mass is 469 g/mol. The summed E-state index contributed by atoms with van der Waals surface area (Å²) < 4.78 is 66.0. The zero-order valence-corrected chi connectivity index (χ0v) is 18.3. The summed E-state index contributed by atoms with van der Waals surface area (Å²) in [4.78, 5) is 25.6. The van der Waals surface area contributed by atoms with Crippen LogP contribution in [0.1, 0.15) is 24.5 Å². The molecule has 2 aromatic rings. The van der Waals surface area contributed by atoms with Crippen LogP contribution in [-0.4, -0.2) is 44.7 Å². The van der Waals surface area contributed by atoms with Gasteiger partial charge in [0.1, 0.15) is 0 Å². The van der Waals surface area contributed by atoms with Crippen LogP contribution in [0.3, 0.4) is 0 Å². The zero-order chi connectivity index (χ0) is 23.7. The number of aryl methyl sites for hydroxylation is 1. The Bertz CT molecular complexity index is 1150. The summed E-state index contributed by atoms with van der Waals surface area (Å²) >= 11 is 0. The maximum atomic E-state index is 13.1. The Kier molecular flexibility index (Phi) is 6.61. The van der Waals surface area contributed by atoms with E-state index in [4.69, 9.17) is 0 Å². The van der Waals surface area contributed by atoms with Crippen LogP contribution in [0.25, 0.3) is 0 Å². The molecule has 0 atom stereocenters. The van der Waals surface area contributed by atoms with Crippen molar-refractivity contribution in [2.45, 2.75) is 30.8 Å². The lowest BCUT2D eigenvalue weighted by Crippen LogP contribution is -2.36. The number of anilines is 2. The summed E-state index contributed by atoms with van der Waals surface area (Å²) in [5.74, 6) is -1.05. The van der Waals surface area contributed by atoms with Gasteiger partial charge in [0.15, 0.2) is 0 Å². The number of hydrogen-bond donors (Lipinski definition) is 1. The average Bonchev–Trinajstić information content (AvgIpc) is 2.72. The molecule has 7 nitrogen and oxygen atoms in total. The Labute approximate surface area is 183 Å². The smallest absolute Gasteiger partial charge is 0.324 e. The molecule has 1 N–H and O–H groups in total. The van der Waals surface area contributed by atoms with Gasteiger partial charge in [-0.1, -0.05) is 12.1 Å².